The second kappa shape index (κ2) is 14.2. The monoisotopic (exact) mass is 758 g/mol. The van der Waals surface area contributed by atoms with E-state index in [0.29, 0.717) is 0 Å². The maximum atomic E-state index is 2.49. The van der Waals surface area contributed by atoms with E-state index in [4.69, 9.17) is 0 Å². The van der Waals surface area contributed by atoms with Crippen LogP contribution < -0.4 is 9.80 Å². The molecule has 0 bridgehead atoms. The lowest BCUT2D eigenvalue weighted by molar-refractivity contribution is 0.528. The molecule has 0 aromatic heterocycles. The Morgan fingerprint density at radius 2 is 1.00 bits per heavy atom. The Morgan fingerprint density at radius 3 is 1.55 bits per heavy atom. The first-order chi connectivity index (χ1) is 28.2. The van der Waals surface area contributed by atoms with E-state index in [2.05, 4.69) is 184 Å². The van der Waals surface area contributed by atoms with Gasteiger partial charge in [0.1, 0.15) is 0 Å². The van der Waals surface area contributed by atoms with Gasteiger partial charge in [-0.2, -0.15) is 0 Å². The van der Waals surface area contributed by atoms with Crippen molar-refractivity contribution in [2.75, 3.05) is 23.9 Å². The summed E-state index contributed by atoms with van der Waals surface area (Å²) in [6, 6.07) is 39.7. The number of allylic oxidation sites excluding steroid dienone is 5. The highest BCUT2D eigenvalue weighted by Gasteiger charge is 2.45. The Bertz CT molecular complexity index is 2540. The van der Waals surface area contributed by atoms with Gasteiger partial charge in [0, 0.05) is 53.1 Å². The molecule has 10 rings (SSSR count). The maximum Gasteiger partial charge on any atom is 0.0455 e. The molecule has 0 amide bonds. The van der Waals surface area contributed by atoms with Gasteiger partial charge in [0.05, 0.1) is 0 Å². The summed E-state index contributed by atoms with van der Waals surface area (Å²) in [4.78, 5) is 4.84. The van der Waals surface area contributed by atoms with Gasteiger partial charge >= 0.3 is 0 Å². The molecule has 5 aromatic rings. The summed E-state index contributed by atoms with van der Waals surface area (Å²) in [7, 11) is 4.49. The van der Waals surface area contributed by atoms with E-state index >= 15 is 0 Å². The third-order valence-corrected chi connectivity index (χ3v) is 14.9. The molecule has 2 saturated carbocycles. The van der Waals surface area contributed by atoms with Gasteiger partial charge in [-0.1, -0.05) is 162 Å². The van der Waals surface area contributed by atoms with Crippen LogP contribution in [0.4, 0.5) is 22.7 Å². The molecule has 58 heavy (non-hydrogen) atoms. The molecule has 2 aliphatic heterocycles. The molecular weight excluding hydrogens is 701 g/mol. The number of benzene rings is 5. The van der Waals surface area contributed by atoms with Crippen LogP contribution in [0.3, 0.4) is 0 Å². The van der Waals surface area contributed by atoms with Gasteiger partial charge in [0.25, 0.3) is 0 Å². The molecular formula is C56H58N2. The van der Waals surface area contributed by atoms with Crippen molar-refractivity contribution in [2.45, 2.75) is 101 Å². The number of para-hydroxylation sites is 2. The normalized spacial score (nSPS) is 20.7. The minimum absolute atomic E-state index is 0.0803. The number of anilines is 4. The molecule has 3 aliphatic carbocycles. The van der Waals surface area contributed by atoms with Crippen LogP contribution in [0.2, 0.25) is 0 Å². The van der Waals surface area contributed by atoms with Gasteiger partial charge in [-0.05, 0) is 124 Å². The summed E-state index contributed by atoms with van der Waals surface area (Å²) in [6.45, 7) is 7.09. The summed E-state index contributed by atoms with van der Waals surface area (Å²) in [5, 5.41) is 0. The lowest BCUT2D eigenvalue weighted by Crippen LogP contribution is -2.33. The quantitative estimate of drug-likeness (QED) is 0.159. The fraction of sp³-hybridized carbons (Fsp3) is 0.321. The number of hydrogen-bond acceptors (Lipinski definition) is 2. The van der Waals surface area contributed by atoms with Gasteiger partial charge in [0.2, 0.25) is 0 Å². The van der Waals surface area contributed by atoms with E-state index in [1.165, 1.54) is 135 Å². The molecule has 2 heteroatoms. The van der Waals surface area contributed by atoms with Crippen molar-refractivity contribution in [1.82, 2.24) is 0 Å². The predicted octanol–water partition coefficient (Wildman–Crippen LogP) is 14.9. The lowest BCUT2D eigenvalue weighted by Gasteiger charge is -2.42. The van der Waals surface area contributed by atoms with Crippen molar-refractivity contribution in [2.24, 2.45) is 0 Å². The first-order valence-electron chi connectivity index (χ1n) is 22.1. The number of fused-ring (bicyclic) bond motifs is 9. The van der Waals surface area contributed by atoms with E-state index in [-0.39, 0.29) is 16.2 Å². The molecule has 5 aromatic carbocycles. The SMILES string of the molecule is CCC=C1/C(=C\C/C=C/c2ccc3c(c2)N(C)c2ccccc2C32CCCC2)C(C)(C)c2cc(/C=C/c3ccc4c(c3)N(C)c3ccccc3C43CCCC3)ccc21. The smallest absolute Gasteiger partial charge is 0.0455 e. The first kappa shape index (κ1) is 37.0. The van der Waals surface area contributed by atoms with E-state index < -0.39 is 0 Å². The first-order valence-corrected chi connectivity index (χ1v) is 22.1. The third kappa shape index (κ3) is 5.65. The van der Waals surface area contributed by atoms with Gasteiger partial charge in [-0.3, -0.25) is 0 Å². The Labute approximate surface area is 347 Å². The molecule has 2 fully saturated rings. The summed E-state index contributed by atoms with van der Waals surface area (Å²) in [5.74, 6) is 0. The highest BCUT2D eigenvalue weighted by Crippen LogP contribution is 2.58. The fourth-order valence-electron chi connectivity index (χ4n) is 12.0. The van der Waals surface area contributed by atoms with Crippen LogP contribution in [0.5, 0.6) is 0 Å². The Morgan fingerprint density at radius 1 is 0.517 bits per heavy atom. The van der Waals surface area contributed by atoms with Crippen LogP contribution in [0.25, 0.3) is 23.8 Å². The number of nitrogens with zero attached hydrogens (tertiary/aromatic N) is 2. The number of hydrogen-bond donors (Lipinski definition) is 0. The highest BCUT2D eigenvalue weighted by molar-refractivity contribution is 5.91. The summed E-state index contributed by atoms with van der Waals surface area (Å²) >= 11 is 0. The molecule has 0 radical (unpaired) electrons. The van der Waals surface area contributed by atoms with Crippen molar-refractivity contribution in [3.63, 3.8) is 0 Å². The summed E-state index contributed by atoms with van der Waals surface area (Å²) in [5.41, 5.74) is 21.2. The van der Waals surface area contributed by atoms with E-state index in [9.17, 15) is 0 Å². The zero-order valence-corrected chi connectivity index (χ0v) is 35.2. The second-order valence-corrected chi connectivity index (χ2v) is 18.3. The van der Waals surface area contributed by atoms with Gasteiger partial charge in [-0.25, -0.2) is 0 Å². The lowest BCUT2D eigenvalue weighted by atomic mass is 9.69. The molecule has 2 spiro atoms. The van der Waals surface area contributed by atoms with Crippen molar-refractivity contribution < 1.29 is 0 Å². The van der Waals surface area contributed by atoms with Crippen molar-refractivity contribution in [3.05, 3.63) is 177 Å². The average molecular weight is 759 g/mol. The Balaban J connectivity index is 0.898. The van der Waals surface area contributed by atoms with Crippen LogP contribution in [-0.2, 0) is 16.2 Å². The molecule has 5 aliphatic rings. The number of rotatable bonds is 6. The van der Waals surface area contributed by atoms with Crippen LogP contribution >= 0.6 is 0 Å². The van der Waals surface area contributed by atoms with Crippen molar-refractivity contribution in [1.29, 1.82) is 0 Å². The van der Waals surface area contributed by atoms with Gasteiger partial charge in [0.15, 0.2) is 0 Å². The van der Waals surface area contributed by atoms with E-state index in [1.54, 1.807) is 0 Å². The highest BCUT2D eigenvalue weighted by atomic mass is 15.1. The standard InChI is InChI=1S/C56H58N2/c1-6-17-42-43-29-26-40(24-25-41-28-31-48-53(38-41)58(5)51-23-12-10-21-46(51)56(48)34-15-16-35-56)36-49(43)54(2,3)44(42)19-8-7-18-39-27-30-47-52(37-39)57(4)50-22-11-9-20-45(50)55(47)32-13-14-33-55/h7,9-12,17-31,36-38H,6,8,13-16,32-35H2,1-5H3/b18-7+,25-24+,42-17?,44-19+. The van der Waals surface area contributed by atoms with Crippen LogP contribution in [0.1, 0.15) is 135 Å². The molecule has 0 saturated heterocycles. The summed E-state index contributed by atoms with van der Waals surface area (Å²) < 4.78 is 0. The average Bonchev–Trinajstić information content (AvgIpc) is 3.99. The van der Waals surface area contributed by atoms with Crippen molar-refractivity contribution in [3.8, 4) is 0 Å². The van der Waals surface area contributed by atoms with Crippen LogP contribution in [0.15, 0.2) is 127 Å². The van der Waals surface area contributed by atoms with Crippen LogP contribution in [-0.4, -0.2) is 14.1 Å². The molecule has 0 unspecified atom stereocenters. The van der Waals surface area contributed by atoms with E-state index in [1.807, 2.05) is 0 Å². The van der Waals surface area contributed by atoms with Crippen LogP contribution in [0, 0.1) is 0 Å². The van der Waals surface area contributed by atoms with E-state index in [0.717, 1.165) is 12.8 Å². The largest absolute Gasteiger partial charge is 0.344 e. The fourth-order valence-corrected chi connectivity index (χ4v) is 12.0. The van der Waals surface area contributed by atoms with Gasteiger partial charge < -0.3 is 9.80 Å². The Hall–Kier alpha value is -5.34. The minimum Gasteiger partial charge on any atom is -0.344 e. The van der Waals surface area contributed by atoms with Gasteiger partial charge in [-0.15, -0.1) is 0 Å². The summed E-state index contributed by atoms with van der Waals surface area (Å²) in [6.07, 6.45) is 26.4. The molecule has 292 valence electrons. The van der Waals surface area contributed by atoms with Crippen molar-refractivity contribution >= 4 is 46.6 Å². The molecule has 2 heterocycles. The second-order valence-electron chi connectivity index (χ2n) is 18.3. The maximum absolute atomic E-state index is 2.49. The zero-order valence-electron chi connectivity index (χ0n) is 35.2. The topological polar surface area (TPSA) is 6.48 Å². The molecule has 0 atom stereocenters. The molecule has 0 N–H and O–H groups in total. The Kier molecular flexibility index (Phi) is 9.04. The minimum atomic E-state index is -0.0803. The zero-order chi connectivity index (χ0) is 39.6. The molecule has 2 nitrogen and oxygen atoms in total. The predicted molar refractivity (Wildman–Crippen MR) is 249 cm³/mol. The third-order valence-electron chi connectivity index (χ3n) is 14.9.